The van der Waals surface area contributed by atoms with Crippen LogP contribution in [0, 0.1) is 11.8 Å². The Kier molecular flexibility index (Phi) is 6.37. The van der Waals surface area contributed by atoms with Crippen LogP contribution in [0.1, 0.15) is 31.2 Å². The first-order valence-electron chi connectivity index (χ1n) is 5.91. The Labute approximate surface area is 113 Å². The fourth-order valence-corrected chi connectivity index (χ4v) is 2.04. The van der Waals surface area contributed by atoms with Crippen LogP contribution in [0.15, 0.2) is 11.4 Å². The van der Waals surface area contributed by atoms with Crippen molar-refractivity contribution in [3.8, 4) is 11.8 Å². The van der Waals surface area contributed by atoms with Gasteiger partial charge in [0.2, 0.25) is 0 Å². The normalized spacial score (nSPS) is 11.1. The summed E-state index contributed by atoms with van der Waals surface area (Å²) in [7, 11) is 0. The fourth-order valence-electron chi connectivity index (χ4n) is 1.27. The van der Waals surface area contributed by atoms with E-state index in [9.17, 15) is 0 Å². The molecule has 0 radical (unpaired) electrons. The van der Waals surface area contributed by atoms with Crippen LogP contribution in [0.2, 0.25) is 0 Å². The first kappa shape index (κ1) is 15.2. The van der Waals surface area contributed by atoms with Crippen molar-refractivity contribution < 1.29 is 14.6 Å². The first-order valence-corrected chi connectivity index (χ1v) is 6.78. The van der Waals surface area contributed by atoms with E-state index in [1.54, 1.807) is 11.3 Å². The molecule has 18 heavy (non-hydrogen) atoms. The zero-order chi connectivity index (χ0) is 13.4. The Morgan fingerprint density at radius 3 is 2.78 bits per heavy atom. The highest BCUT2D eigenvalue weighted by molar-refractivity contribution is 7.10. The first-order chi connectivity index (χ1) is 8.53. The highest BCUT2D eigenvalue weighted by Crippen LogP contribution is 2.16. The smallest absolute Gasteiger partial charge is 0.104 e. The van der Waals surface area contributed by atoms with Gasteiger partial charge in [-0.05, 0) is 32.2 Å². The summed E-state index contributed by atoms with van der Waals surface area (Å²) in [4.78, 5) is 1.09. The Bertz CT molecular complexity index is 407. The molecule has 0 aliphatic heterocycles. The van der Waals surface area contributed by atoms with E-state index in [1.807, 2.05) is 32.2 Å². The Morgan fingerprint density at radius 1 is 1.33 bits per heavy atom. The molecule has 1 aromatic rings. The third kappa shape index (κ3) is 6.18. The van der Waals surface area contributed by atoms with Crippen LogP contribution in [0.5, 0.6) is 0 Å². The highest BCUT2D eigenvalue weighted by Gasteiger charge is 2.09. The van der Waals surface area contributed by atoms with Gasteiger partial charge in [0.1, 0.15) is 6.61 Å². The molecule has 100 valence electrons. The lowest BCUT2D eigenvalue weighted by Gasteiger charge is -2.19. The second-order valence-corrected chi connectivity index (χ2v) is 5.73. The van der Waals surface area contributed by atoms with E-state index in [1.165, 1.54) is 0 Å². The van der Waals surface area contributed by atoms with E-state index in [0.717, 1.165) is 10.4 Å². The van der Waals surface area contributed by atoms with Crippen molar-refractivity contribution >= 4 is 11.3 Å². The van der Waals surface area contributed by atoms with Crippen molar-refractivity contribution in [2.75, 3.05) is 19.8 Å². The number of ether oxygens (including phenoxy) is 2. The SMILES string of the molecule is CC(C)(C)OCCOCc1sccc1C#CCO. The molecule has 0 saturated carbocycles. The van der Waals surface area contributed by atoms with E-state index in [0.29, 0.717) is 19.8 Å². The highest BCUT2D eigenvalue weighted by atomic mass is 32.1. The lowest BCUT2D eigenvalue weighted by atomic mass is 10.2. The third-order valence-electron chi connectivity index (χ3n) is 2.04. The third-order valence-corrected chi connectivity index (χ3v) is 2.94. The number of aliphatic hydroxyl groups is 1. The standard InChI is InChI=1S/C14H20O3S/c1-14(2,3)17-9-8-16-11-13-12(5-4-7-15)6-10-18-13/h6,10,15H,7-9,11H2,1-3H3. The minimum atomic E-state index is -0.121. The Balaban J connectivity index is 2.29. The summed E-state index contributed by atoms with van der Waals surface area (Å²) in [5.74, 6) is 5.55. The summed E-state index contributed by atoms with van der Waals surface area (Å²) in [6.07, 6.45) is 0. The molecule has 0 aliphatic carbocycles. The molecule has 4 heteroatoms. The minimum Gasteiger partial charge on any atom is -0.384 e. The monoisotopic (exact) mass is 268 g/mol. The number of hydrogen-bond donors (Lipinski definition) is 1. The molecule has 1 aromatic heterocycles. The van der Waals surface area contributed by atoms with Crippen LogP contribution in [0.3, 0.4) is 0 Å². The molecule has 0 atom stereocenters. The van der Waals surface area contributed by atoms with Crippen molar-refractivity contribution in [3.63, 3.8) is 0 Å². The van der Waals surface area contributed by atoms with Gasteiger partial charge in [0, 0.05) is 10.4 Å². The molecular weight excluding hydrogens is 248 g/mol. The zero-order valence-corrected chi connectivity index (χ0v) is 12.0. The molecule has 0 bridgehead atoms. The number of rotatable bonds is 5. The predicted octanol–water partition coefficient (Wildman–Crippen LogP) is 2.42. The van der Waals surface area contributed by atoms with Gasteiger partial charge in [-0.25, -0.2) is 0 Å². The molecule has 0 saturated heterocycles. The van der Waals surface area contributed by atoms with Crippen LogP contribution >= 0.6 is 11.3 Å². The molecule has 3 nitrogen and oxygen atoms in total. The van der Waals surface area contributed by atoms with Gasteiger partial charge in [0.05, 0.1) is 25.4 Å². The topological polar surface area (TPSA) is 38.7 Å². The average molecular weight is 268 g/mol. The van der Waals surface area contributed by atoms with E-state index in [4.69, 9.17) is 14.6 Å². The molecule has 0 unspecified atom stereocenters. The molecule has 0 aliphatic rings. The molecule has 1 N–H and O–H groups in total. The zero-order valence-electron chi connectivity index (χ0n) is 11.2. The second kappa shape index (κ2) is 7.55. The lowest BCUT2D eigenvalue weighted by Crippen LogP contribution is -2.21. The minimum absolute atomic E-state index is 0.116. The van der Waals surface area contributed by atoms with E-state index >= 15 is 0 Å². The lowest BCUT2D eigenvalue weighted by molar-refractivity contribution is -0.0374. The maximum atomic E-state index is 8.66. The molecular formula is C14H20O3S. The van der Waals surface area contributed by atoms with E-state index in [2.05, 4.69) is 11.8 Å². The van der Waals surface area contributed by atoms with Crippen molar-refractivity contribution in [1.29, 1.82) is 0 Å². The average Bonchev–Trinajstić information content (AvgIpc) is 2.72. The van der Waals surface area contributed by atoms with Gasteiger partial charge >= 0.3 is 0 Å². The Morgan fingerprint density at radius 2 is 2.11 bits per heavy atom. The van der Waals surface area contributed by atoms with Gasteiger partial charge in [-0.3, -0.25) is 0 Å². The fraction of sp³-hybridized carbons (Fsp3) is 0.571. The van der Waals surface area contributed by atoms with E-state index in [-0.39, 0.29) is 12.2 Å². The van der Waals surface area contributed by atoms with Crippen LogP contribution in [-0.4, -0.2) is 30.5 Å². The molecule has 0 spiro atoms. The van der Waals surface area contributed by atoms with Crippen molar-refractivity contribution in [2.24, 2.45) is 0 Å². The number of thiophene rings is 1. The van der Waals surface area contributed by atoms with Crippen molar-refractivity contribution in [1.82, 2.24) is 0 Å². The predicted molar refractivity (Wildman–Crippen MR) is 73.6 cm³/mol. The van der Waals surface area contributed by atoms with Crippen LogP contribution in [0.25, 0.3) is 0 Å². The quantitative estimate of drug-likeness (QED) is 0.658. The summed E-state index contributed by atoms with van der Waals surface area (Å²) >= 11 is 1.61. The molecule has 1 rings (SSSR count). The summed E-state index contributed by atoms with van der Waals surface area (Å²) in [5.41, 5.74) is 0.815. The van der Waals surface area contributed by atoms with Crippen molar-refractivity contribution in [2.45, 2.75) is 33.0 Å². The van der Waals surface area contributed by atoms with Gasteiger partial charge in [-0.2, -0.15) is 0 Å². The molecule has 0 aromatic carbocycles. The summed E-state index contributed by atoms with van der Waals surface area (Å²) in [5, 5.41) is 10.6. The van der Waals surface area contributed by atoms with Gasteiger partial charge in [0.25, 0.3) is 0 Å². The van der Waals surface area contributed by atoms with Crippen LogP contribution < -0.4 is 0 Å². The molecule has 1 heterocycles. The summed E-state index contributed by atoms with van der Waals surface area (Å²) in [6, 6.07) is 1.94. The number of aliphatic hydroxyl groups excluding tert-OH is 1. The van der Waals surface area contributed by atoms with Gasteiger partial charge in [0.15, 0.2) is 0 Å². The summed E-state index contributed by atoms with van der Waals surface area (Å²) in [6.45, 7) is 7.66. The largest absolute Gasteiger partial charge is 0.384 e. The maximum Gasteiger partial charge on any atom is 0.104 e. The van der Waals surface area contributed by atoms with Gasteiger partial charge in [-0.1, -0.05) is 11.8 Å². The van der Waals surface area contributed by atoms with Crippen LogP contribution in [-0.2, 0) is 16.1 Å². The molecule has 0 amide bonds. The van der Waals surface area contributed by atoms with Gasteiger partial charge < -0.3 is 14.6 Å². The number of hydrogen-bond acceptors (Lipinski definition) is 4. The Hall–Kier alpha value is -0.860. The molecule has 0 fully saturated rings. The maximum absolute atomic E-state index is 8.66. The summed E-state index contributed by atoms with van der Waals surface area (Å²) < 4.78 is 11.1. The van der Waals surface area contributed by atoms with Crippen LogP contribution in [0.4, 0.5) is 0 Å². The van der Waals surface area contributed by atoms with E-state index < -0.39 is 0 Å². The van der Waals surface area contributed by atoms with Gasteiger partial charge in [-0.15, -0.1) is 11.3 Å². The second-order valence-electron chi connectivity index (χ2n) is 4.73. The van der Waals surface area contributed by atoms with Crippen molar-refractivity contribution in [3.05, 3.63) is 21.9 Å².